The Balaban J connectivity index is 0.946. The average molecular weight is 692 g/mol. The van der Waals surface area contributed by atoms with Gasteiger partial charge >= 0.3 is 0 Å². The molecule has 1 aliphatic rings. The standard InChI is InChI=1S/C41H39ClFN3O4/c1-29-3-5-32(6-4-29)28-49-37-16-17-39(44-25-37)50-41-30(2)23-34(24-38(41)42)11-18-40(47)46-21-19-45(20-22-46)26-31-7-9-33(10-8-31)27-48-36-14-12-35(43)13-15-36/h3-18,23-25H,19-22,26-28H2,1-2H3/b18-11+. The molecule has 1 amide bonds. The van der Waals surface area contributed by atoms with E-state index >= 15 is 0 Å². The number of carbonyl (C=O) groups is 1. The van der Waals surface area contributed by atoms with Crippen molar-refractivity contribution in [3.8, 4) is 23.1 Å². The summed E-state index contributed by atoms with van der Waals surface area (Å²) in [6.45, 7) is 8.54. The van der Waals surface area contributed by atoms with Crippen LogP contribution in [0.5, 0.6) is 23.1 Å². The number of carbonyl (C=O) groups excluding carboxylic acids is 1. The number of halogens is 2. The molecule has 6 rings (SSSR count). The maximum absolute atomic E-state index is 13.1. The highest BCUT2D eigenvalue weighted by Crippen LogP contribution is 2.34. The summed E-state index contributed by atoms with van der Waals surface area (Å²) in [5.74, 6) is 1.88. The highest BCUT2D eigenvalue weighted by molar-refractivity contribution is 6.32. The van der Waals surface area contributed by atoms with E-state index in [1.54, 1.807) is 42.6 Å². The molecule has 1 fully saturated rings. The largest absolute Gasteiger partial charge is 0.489 e. The summed E-state index contributed by atoms with van der Waals surface area (Å²) in [4.78, 5) is 21.6. The number of ether oxygens (including phenoxy) is 3. The van der Waals surface area contributed by atoms with Gasteiger partial charge in [0.2, 0.25) is 11.8 Å². The van der Waals surface area contributed by atoms with Gasteiger partial charge in [0.1, 0.15) is 30.5 Å². The lowest BCUT2D eigenvalue weighted by Gasteiger charge is -2.34. The first-order chi connectivity index (χ1) is 24.3. The second kappa shape index (κ2) is 16.5. The van der Waals surface area contributed by atoms with Crippen LogP contribution in [0.15, 0.2) is 109 Å². The fourth-order valence-corrected chi connectivity index (χ4v) is 5.86. The number of benzene rings is 4. The van der Waals surface area contributed by atoms with Gasteiger partial charge in [-0.3, -0.25) is 9.69 Å². The Kier molecular flexibility index (Phi) is 11.4. The van der Waals surface area contributed by atoms with Crippen LogP contribution in [0.3, 0.4) is 0 Å². The van der Waals surface area contributed by atoms with Gasteiger partial charge in [-0.15, -0.1) is 0 Å². The van der Waals surface area contributed by atoms with E-state index in [0.29, 0.717) is 54.5 Å². The van der Waals surface area contributed by atoms with Crippen LogP contribution in [0.2, 0.25) is 5.02 Å². The zero-order valence-electron chi connectivity index (χ0n) is 28.1. The van der Waals surface area contributed by atoms with Crippen molar-refractivity contribution in [2.75, 3.05) is 26.2 Å². The molecule has 1 aromatic heterocycles. The number of aromatic nitrogens is 1. The Bertz CT molecular complexity index is 1880. The van der Waals surface area contributed by atoms with Crippen LogP contribution in [0.1, 0.15) is 33.4 Å². The van der Waals surface area contributed by atoms with Crippen LogP contribution < -0.4 is 14.2 Å². The number of pyridine rings is 1. The minimum atomic E-state index is -0.282. The molecule has 4 aromatic carbocycles. The monoisotopic (exact) mass is 691 g/mol. The van der Waals surface area contributed by atoms with Crippen molar-refractivity contribution in [2.24, 2.45) is 0 Å². The van der Waals surface area contributed by atoms with E-state index < -0.39 is 0 Å². The number of hydrogen-bond acceptors (Lipinski definition) is 6. The Hall–Kier alpha value is -5.18. The lowest BCUT2D eigenvalue weighted by Crippen LogP contribution is -2.47. The lowest BCUT2D eigenvalue weighted by molar-refractivity contribution is -0.127. The number of amides is 1. The number of piperazine rings is 1. The topological polar surface area (TPSA) is 64.1 Å². The molecule has 0 saturated carbocycles. The van der Waals surface area contributed by atoms with Gasteiger partial charge in [0, 0.05) is 44.9 Å². The molecule has 2 heterocycles. The van der Waals surface area contributed by atoms with Crippen molar-refractivity contribution in [3.63, 3.8) is 0 Å². The second-order valence-electron chi connectivity index (χ2n) is 12.4. The average Bonchev–Trinajstić information content (AvgIpc) is 3.13. The van der Waals surface area contributed by atoms with E-state index in [1.165, 1.54) is 23.3 Å². The molecule has 0 bridgehead atoms. The predicted molar refractivity (Wildman–Crippen MR) is 194 cm³/mol. The molecule has 7 nitrogen and oxygen atoms in total. The van der Waals surface area contributed by atoms with Crippen LogP contribution in [0.25, 0.3) is 6.08 Å². The fraction of sp³-hybridized carbons (Fsp3) is 0.220. The molecule has 50 heavy (non-hydrogen) atoms. The highest BCUT2D eigenvalue weighted by Gasteiger charge is 2.20. The normalized spacial score (nSPS) is 13.4. The summed E-state index contributed by atoms with van der Waals surface area (Å²) in [5.41, 5.74) is 6.17. The summed E-state index contributed by atoms with van der Waals surface area (Å²) in [7, 11) is 0. The van der Waals surface area contributed by atoms with E-state index in [2.05, 4.69) is 41.1 Å². The Morgan fingerprint density at radius 1 is 0.800 bits per heavy atom. The predicted octanol–water partition coefficient (Wildman–Crippen LogP) is 8.80. The van der Waals surface area contributed by atoms with E-state index in [1.807, 2.05) is 48.2 Å². The Labute approximate surface area is 297 Å². The molecule has 5 aromatic rings. The highest BCUT2D eigenvalue weighted by atomic mass is 35.5. The zero-order chi connectivity index (χ0) is 34.9. The van der Waals surface area contributed by atoms with Gasteiger partial charge < -0.3 is 19.1 Å². The first kappa shape index (κ1) is 34.7. The van der Waals surface area contributed by atoms with Crippen molar-refractivity contribution in [3.05, 3.63) is 154 Å². The number of nitrogens with zero attached hydrogens (tertiary/aromatic N) is 3. The van der Waals surface area contributed by atoms with Crippen LogP contribution in [0, 0.1) is 19.7 Å². The van der Waals surface area contributed by atoms with Crippen molar-refractivity contribution < 1.29 is 23.4 Å². The molecule has 0 aliphatic carbocycles. The van der Waals surface area contributed by atoms with Crippen molar-refractivity contribution in [1.82, 2.24) is 14.8 Å². The molecule has 1 saturated heterocycles. The maximum atomic E-state index is 13.1. The third-order valence-corrected chi connectivity index (χ3v) is 8.72. The van der Waals surface area contributed by atoms with Crippen LogP contribution in [-0.4, -0.2) is 46.9 Å². The molecule has 1 aliphatic heterocycles. The molecule has 0 atom stereocenters. The SMILES string of the molecule is Cc1ccc(COc2ccc(Oc3c(C)cc(/C=C/C(=O)N4CCN(Cc5ccc(COc6ccc(F)cc6)cc5)CC4)cc3Cl)nc2)cc1. The summed E-state index contributed by atoms with van der Waals surface area (Å²) in [6, 6.07) is 29.8. The first-order valence-electron chi connectivity index (χ1n) is 16.6. The third kappa shape index (κ3) is 9.71. The van der Waals surface area contributed by atoms with Gasteiger partial charge in [0.05, 0.1) is 11.2 Å². The van der Waals surface area contributed by atoms with Crippen LogP contribution in [0.4, 0.5) is 4.39 Å². The van der Waals surface area contributed by atoms with E-state index in [0.717, 1.165) is 41.9 Å². The van der Waals surface area contributed by atoms with Crippen molar-refractivity contribution >= 4 is 23.6 Å². The van der Waals surface area contributed by atoms with E-state index in [-0.39, 0.29) is 11.7 Å². The minimum absolute atomic E-state index is 0.0295. The van der Waals surface area contributed by atoms with Gasteiger partial charge in [-0.05, 0) is 90.2 Å². The maximum Gasteiger partial charge on any atom is 0.246 e. The van der Waals surface area contributed by atoms with Crippen LogP contribution in [-0.2, 0) is 24.6 Å². The number of hydrogen-bond donors (Lipinski definition) is 0. The summed E-state index contributed by atoms with van der Waals surface area (Å²) in [6.07, 6.45) is 5.02. The fourth-order valence-electron chi connectivity index (χ4n) is 5.55. The number of rotatable bonds is 12. The summed E-state index contributed by atoms with van der Waals surface area (Å²) < 4.78 is 30.7. The smallest absolute Gasteiger partial charge is 0.246 e. The van der Waals surface area contributed by atoms with E-state index in [9.17, 15) is 9.18 Å². The van der Waals surface area contributed by atoms with Crippen molar-refractivity contribution in [1.29, 1.82) is 0 Å². The third-order valence-electron chi connectivity index (χ3n) is 8.44. The molecule has 0 N–H and O–H groups in total. The second-order valence-corrected chi connectivity index (χ2v) is 12.8. The van der Waals surface area contributed by atoms with Crippen molar-refractivity contribution in [2.45, 2.75) is 33.6 Å². The molecule has 0 unspecified atom stereocenters. The Morgan fingerprint density at radius 3 is 2.06 bits per heavy atom. The van der Waals surface area contributed by atoms with Gasteiger partial charge in [-0.1, -0.05) is 65.7 Å². The lowest BCUT2D eigenvalue weighted by atomic mass is 10.1. The van der Waals surface area contributed by atoms with Crippen LogP contribution >= 0.6 is 11.6 Å². The van der Waals surface area contributed by atoms with Gasteiger partial charge in [-0.2, -0.15) is 0 Å². The molecule has 0 radical (unpaired) electrons. The Morgan fingerprint density at radius 2 is 1.42 bits per heavy atom. The zero-order valence-corrected chi connectivity index (χ0v) is 28.9. The summed E-state index contributed by atoms with van der Waals surface area (Å²) >= 11 is 6.62. The minimum Gasteiger partial charge on any atom is -0.489 e. The van der Waals surface area contributed by atoms with Gasteiger partial charge in [0.15, 0.2) is 5.75 Å². The van der Waals surface area contributed by atoms with Gasteiger partial charge in [-0.25, -0.2) is 9.37 Å². The molecule has 9 heteroatoms. The van der Waals surface area contributed by atoms with Gasteiger partial charge in [0.25, 0.3) is 0 Å². The molecule has 0 spiro atoms. The molecule has 256 valence electrons. The molecular weight excluding hydrogens is 653 g/mol. The first-order valence-corrected chi connectivity index (χ1v) is 16.9. The van der Waals surface area contributed by atoms with E-state index in [4.69, 9.17) is 25.8 Å². The molecular formula is C41H39ClFN3O4. The summed E-state index contributed by atoms with van der Waals surface area (Å²) in [5, 5.41) is 0.431. The quantitative estimate of drug-likeness (QED) is 0.122. The number of aryl methyl sites for hydroxylation is 2.